The fraction of sp³-hybridized carbons (Fsp3) is 0.471. The Labute approximate surface area is 122 Å². The molecular formula is C17H25N3. The van der Waals surface area contributed by atoms with Gasteiger partial charge in [0.2, 0.25) is 0 Å². The zero-order valence-corrected chi connectivity index (χ0v) is 12.5. The number of hydrogen-bond acceptors (Lipinski definition) is 2. The van der Waals surface area contributed by atoms with Gasteiger partial charge in [-0.2, -0.15) is 5.10 Å². The second-order valence-corrected chi connectivity index (χ2v) is 5.36. The Morgan fingerprint density at radius 2 is 2.00 bits per heavy atom. The van der Waals surface area contributed by atoms with Gasteiger partial charge >= 0.3 is 0 Å². The van der Waals surface area contributed by atoms with Crippen LogP contribution in [0, 0.1) is 0 Å². The van der Waals surface area contributed by atoms with Gasteiger partial charge in [-0.05, 0) is 31.5 Å². The van der Waals surface area contributed by atoms with Crippen molar-refractivity contribution in [1.82, 2.24) is 9.78 Å². The van der Waals surface area contributed by atoms with Crippen LogP contribution in [-0.2, 0) is 0 Å². The Bertz CT molecular complexity index is 491. The molecule has 20 heavy (non-hydrogen) atoms. The largest absolute Gasteiger partial charge is 0.381 e. The van der Waals surface area contributed by atoms with Crippen molar-refractivity contribution >= 4 is 5.69 Å². The Morgan fingerprint density at radius 3 is 2.75 bits per heavy atom. The lowest BCUT2D eigenvalue weighted by molar-refractivity contribution is 0.593. The van der Waals surface area contributed by atoms with Gasteiger partial charge in [0.15, 0.2) is 0 Å². The molecule has 0 aliphatic heterocycles. The molecule has 3 nitrogen and oxygen atoms in total. The number of hydrogen-bond donors (Lipinski definition) is 1. The van der Waals surface area contributed by atoms with Crippen LogP contribution in [0.4, 0.5) is 5.69 Å². The molecule has 0 spiro atoms. The van der Waals surface area contributed by atoms with Gasteiger partial charge in [-0.15, -0.1) is 0 Å². The van der Waals surface area contributed by atoms with E-state index in [0.717, 1.165) is 11.4 Å². The van der Waals surface area contributed by atoms with Gasteiger partial charge in [-0.25, -0.2) is 4.68 Å². The highest BCUT2D eigenvalue weighted by molar-refractivity contribution is 5.60. The third-order valence-corrected chi connectivity index (χ3v) is 3.55. The summed E-state index contributed by atoms with van der Waals surface area (Å²) in [7, 11) is 0. The molecule has 108 valence electrons. The number of unbranched alkanes of at least 4 members (excludes halogenated alkanes) is 3. The second kappa shape index (κ2) is 7.73. The normalized spacial score (nSPS) is 12.3. The summed E-state index contributed by atoms with van der Waals surface area (Å²) in [6, 6.07) is 10.8. The lowest BCUT2D eigenvalue weighted by atomic mass is 10.1. The maximum absolute atomic E-state index is 4.32. The Balaban J connectivity index is 1.95. The summed E-state index contributed by atoms with van der Waals surface area (Å²) in [5, 5.41) is 7.93. The van der Waals surface area contributed by atoms with E-state index in [1.165, 1.54) is 32.1 Å². The topological polar surface area (TPSA) is 29.9 Å². The summed E-state index contributed by atoms with van der Waals surface area (Å²) < 4.78 is 1.91. The van der Waals surface area contributed by atoms with Gasteiger partial charge in [0.1, 0.15) is 0 Å². The fourth-order valence-electron chi connectivity index (χ4n) is 2.42. The molecule has 2 rings (SSSR count). The molecule has 2 aromatic rings. The van der Waals surface area contributed by atoms with Crippen LogP contribution in [0.2, 0.25) is 0 Å². The number of rotatable bonds is 8. The van der Waals surface area contributed by atoms with Crippen LogP contribution in [0.15, 0.2) is 42.7 Å². The van der Waals surface area contributed by atoms with Crippen molar-refractivity contribution in [1.29, 1.82) is 0 Å². The van der Waals surface area contributed by atoms with E-state index >= 15 is 0 Å². The second-order valence-electron chi connectivity index (χ2n) is 5.36. The highest BCUT2D eigenvalue weighted by Gasteiger charge is 2.07. The predicted molar refractivity (Wildman–Crippen MR) is 85.4 cm³/mol. The minimum absolute atomic E-state index is 0.489. The average Bonchev–Trinajstić information content (AvgIpc) is 2.98. The van der Waals surface area contributed by atoms with Crippen LogP contribution in [0.1, 0.15) is 46.0 Å². The summed E-state index contributed by atoms with van der Waals surface area (Å²) in [6.07, 6.45) is 10.3. The molecule has 1 aromatic heterocycles. The van der Waals surface area contributed by atoms with Gasteiger partial charge < -0.3 is 5.32 Å². The zero-order valence-electron chi connectivity index (χ0n) is 12.5. The lowest BCUT2D eigenvalue weighted by Gasteiger charge is -2.18. The SMILES string of the molecule is CCCCCCC(C)Nc1ccccc1-n1cccn1. The summed E-state index contributed by atoms with van der Waals surface area (Å²) in [5.41, 5.74) is 2.26. The summed E-state index contributed by atoms with van der Waals surface area (Å²) in [5.74, 6) is 0. The molecule has 1 heterocycles. The van der Waals surface area contributed by atoms with Crippen LogP contribution < -0.4 is 5.32 Å². The zero-order chi connectivity index (χ0) is 14.2. The molecule has 0 fully saturated rings. The van der Waals surface area contributed by atoms with E-state index < -0.39 is 0 Å². The molecular weight excluding hydrogens is 246 g/mol. The van der Waals surface area contributed by atoms with Crippen LogP contribution in [0.5, 0.6) is 0 Å². The smallest absolute Gasteiger partial charge is 0.0876 e. The van der Waals surface area contributed by atoms with E-state index in [4.69, 9.17) is 0 Å². The molecule has 0 aliphatic rings. The van der Waals surface area contributed by atoms with Crippen molar-refractivity contribution in [2.75, 3.05) is 5.32 Å². The number of nitrogens with one attached hydrogen (secondary N) is 1. The molecule has 0 saturated carbocycles. The molecule has 1 N–H and O–H groups in total. The van der Waals surface area contributed by atoms with E-state index in [0.29, 0.717) is 6.04 Å². The molecule has 1 aromatic carbocycles. The minimum Gasteiger partial charge on any atom is -0.381 e. The number of benzene rings is 1. The van der Waals surface area contributed by atoms with Crippen molar-refractivity contribution in [3.63, 3.8) is 0 Å². The first-order valence-electron chi connectivity index (χ1n) is 7.67. The summed E-state index contributed by atoms with van der Waals surface area (Å²) in [6.45, 7) is 4.51. The average molecular weight is 271 g/mol. The number of nitrogens with zero attached hydrogens (tertiary/aromatic N) is 2. The van der Waals surface area contributed by atoms with Gasteiger partial charge in [0, 0.05) is 18.4 Å². The summed E-state index contributed by atoms with van der Waals surface area (Å²) >= 11 is 0. The minimum atomic E-state index is 0.489. The third kappa shape index (κ3) is 4.12. The molecule has 1 atom stereocenters. The molecule has 1 unspecified atom stereocenters. The van der Waals surface area contributed by atoms with Crippen molar-refractivity contribution < 1.29 is 0 Å². The van der Waals surface area contributed by atoms with Crippen LogP contribution in [0.25, 0.3) is 5.69 Å². The van der Waals surface area contributed by atoms with E-state index in [1.807, 2.05) is 29.2 Å². The van der Waals surface area contributed by atoms with Crippen LogP contribution in [-0.4, -0.2) is 15.8 Å². The van der Waals surface area contributed by atoms with Crippen molar-refractivity contribution in [3.05, 3.63) is 42.7 Å². The molecule has 0 aliphatic carbocycles. The Morgan fingerprint density at radius 1 is 1.15 bits per heavy atom. The van der Waals surface area contributed by atoms with E-state index in [-0.39, 0.29) is 0 Å². The molecule has 3 heteroatoms. The highest BCUT2D eigenvalue weighted by atomic mass is 15.3. The number of para-hydroxylation sites is 2. The quantitative estimate of drug-likeness (QED) is 0.709. The molecule has 0 amide bonds. The van der Waals surface area contributed by atoms with Gasteiger partial charge in [0.05, 0.1) is 11.4 Å². The highest BCUT2D eigenvalue weighted by Crippen LogP contribution is 2.21. The summed E-state index contributed by atoms with van der Waals surface area (Å²) in [4.78, 5) is 0. The monoisotopic (exact) mass is 271 g/mol. The standard InChI is InChI=1S/C17H25N3/c1-3-4-5-6-10-15(2)19-16-11-7-8-12-17(16)20-14-9-13-18-20/h7-9,11-15,19H,3-6,10H2,1-2H3. The van der Waals surface area contributed by atoms with Gasteiger partial charge in [-0.1, -0.05) is 44.7 Å². The van der Waals surface area contributed by atoms with Crippen molar-refractivity contribution in [2.24, 2.45) is 0 Å². The number of anilines is 1. The van der Waals surface area contributed by atoms with E-state index in [1.54, 1.807) is 0 Å². The Hall–Kier alpha value is -1.77. The first kappa shape index (κ1) is 14.6. The lowest BCUT2D eigenvalue weighted by Crippen LogP contribution is -2.16. The predicted octanol–water partition coefficient (Wildman–Crippen LogP) is 4.64. The fourth-order valence-corrected chi connectivity index (χ4v) is 2.42. The van der Waals surface area contributed by atoms with Gasteiger partial charge in [0.25, 0.3) is 0 Å². The van der Waals surface area contributed by atoms with Crippen LogP contribution >= 0.6 is 0 Å². The number of aromatic nitrogens is 2. The maximum atomic E-state index is 4.32. The third-order valence-electron chi connectivity index (χ3n) is 3.55. The van der Waals surface area contributed by atoms with Gasteiger partial charge in [-0.3, -0.25) is 0 Å². The molecule has 0 bridgehead atoms. The van der Waals surface area contributed by atoms with E-state index in [9.17, 15) is 0 Å². The van der Waals surface area contributed by atoms with Crippen molar-refractivity contribution in [3.8, 4) is 5.69 Å². The maximum Gasteiger partial charge on any atom is 0.0876 e. The first-order chi connectivity index (χ1) is 9.81. The van der Waals surface area contributed by atoms with E-state index in [2.05, 4.69) is 42.5 Å². The Kier molecular flexibility index (Phi) is 5.66. The molecule has 0 saturated heterocycles. The molecule has 0 radical (unpaired) electrons. The van der Waals surface area contributed by atoms with Crippen molar-refractivity contribution in [2.45, 2.75) is 52.0 Å². The van der Waals surface area contributed by atoms with Crippen LogP contribution in [0.3, 0.4) is 0 Å². The first-order valence-corrected chi connectivity index (χ1v) is 7.67.